The van der Waals surface area contributed by atoms with E-state index in [9.17, 15) is 9.90 Å². The zero-order chi connectivity index (χ0) is 33.1. The fourth-order valence-corrected chi connectivity index (χ4v) is 7.23. The van der Waals surface area contributed by atoms with Crippen LogP contribution >= 0.6 is 23.1 Å². The second-order valence-electron chi connectivity index (χ2n) is 17.7. The van der Waals surface area contributed by atoms with Crippen LogP contribution in [0.3, 0.4) is 0 Å². The number of hydrogen-bond acceptors (Lipinski definition) is 3. The van der Waals surface area contributed by atoms with E-state index < -0.39 is 0 Å². The summed E-state index contributed by atoms with van der Waals surface area (Å²) in [6.45, 7) is 27.3. The van der Waals surface area contributed by atoms with Crippen molar-refractivity contribution in [3.8, 4) is 0 Å². The van der Waals surface area contributed by atoms with Crippen LogP contribution in [0, 0.1) is 21.7 Å². The Hall–Kier alpha value is -1.91. The molecule has 1 aromatic rings. The van der Waals surface area contributed by atoms with Crippen LogP contribution in [0.4, 0.5) is 0 Å². The van der Waals surface area contributed by atoms with Crippen LogP contribution in [0.25, 0.3) is 6.08 Å². The van der Waals surface area contributed by atoms with E-state index in [1.807, 2.05) is 35.3 Å². The minimum atomic E-state index is -0.130. The van der Waals surface area contributed by atoms with Crippen LogP contribution in [0.5, 0.6) is 0 Å². The van der Waals surface area contributed by atoms with Crippen LogP contribution in [-0.4, -0.2) is 5.78 Å². The molecule has 0 fully saturated rings. The lowest BCUT2D eigenvalue weighted by Gasteiger charge is -2.29. The first kappa shape index (κ1) is 36.6. The molecule has 3 rings (SSSR count). The van der Waals surface area contributed by atoms with Gasteiger partial charge < -0.3 is 5.11 Å². The standard InChI is InChI=1S/C40H58O2S2/c1-37(2,3)17-13-29-21-27(22-30(43-29)14-18-38(4,5)6)25-33-35(41)34(36(33)42)26-28-23-31(15-19-39(7,8)9)44-32(24-28)16-20-40(10,11)12/h21-26H,13-20H2,1-12H3. The summed E-state index contributed by atoms with van der Waals surface area (Å²) in [5.74, 6) is -0.259. The molecule has 0 saturated heterocycles. The molecule has 0 amide bonds. The molecule has 0 saturated carbocycles. The van der Waals surface area contributed by atoms with Gasteiger partial charge in [0, 0.05) is 36.1 Å². The highest BCUT2D eigenvalue weighted by Crippen LogP contribution is 2.42. The normalized spacial score (nSPS) is 17.6. The molecular formula is C40H58O2S2. The van der Waals surface area contributed by atoms with Gasteiger partial charge >= 0.3 is 0 Å². The average Bonchev–Trinajstić information content (AvgIpc) is 2.88. The van der Waals surface area contributed by atoms with Crippen molar-refractivity contribution in [1.29, 1.82) is 0 Å². The molecule has 0 aromatic carbocycles. The Morgan fingerprint density at radius 2 is 1.07 bits per heavy atom. The lowest BCUT2D eigenvalue weighted by Crippen LogP contribution is -2.29. The number of thioether (sulfide) groups is 1. The van der Waals surface area contributed by atoms with E-state index in [1.54, 1.807) is 0 Å². The van der Waals surface area contributed by atoms with E-state index in [0.29, 0.717) is 11.1 Å². The number of ketones is 1. The van der Waals surface area contributed by atoms with Gasteiger partial charge in [0.05, 0.1) is 0 Å². The maximum Gasteiger partial charge on any atom is 0.218 e. The lowest BCUT2D eigenvalue weighted by molar-refractivity contribution is -0.300. The van der Waals surface area contributed by atoms with Gasteiger partial charge in [-0.25, -0.2) is 0 Å². The molecule has 0 radical (unpaired) electrons. The van der Waals surface area contributed by atoms with Gasteiger partial charge in [-0.05, 0) is 105 Å². The minimum absolute atomic E-state index is 0.130. The Balaban J connectivity index is 1.93. The van der Waals surface area contributed by atoms with Crippen LogP contribution in [0.1, 0.15) is 137 Å². The third-order valence-electron chi connectivity index (χ3n) is 7.92. The Morgan fingerprint density at radius 1 is 0.659 bits per heavy atom. The van der Waals surface area contributed by atoms with Gasteiger partial charge in [0.1, 0.15) is 0 Å². The van der Waals surface area contributed by atoms with Gasteiger partial charge in [-0.2, -0.15) is 0 Å². The van der Waals surface area contributed by atoms with Crippen LogP contribution in [-0.2, 0) is 17.6 Å². The number of aryl methyl sites for hydroxylation is 2. The largest absolute Gasteiger partial charge is 0.871 e. The summed E-state index contributed by atoms with van der Waals surface area (Å²) >= 11 is 3.76. The molecule has 0 N–H and O–H groups in total. The smallest absolute Gasteiger partial charge is 0.218 e. The second kappa shape index (κ2) is 14.2. The first-order valence-electron chi connectivity index (χ1n) is 16.5. The van der Waals surface area contributed by atoms with E-state index >= 15 is 0 Å². The number of carbonyl (C=O) groups is 1. The third kappa shape index (κ3) is 12.5. The predicted octanol–water partition coefficient (Wildman–Crippen LogP) is 11.7. The molecule has 242 valence electrons. The van der Waals surface area contributed by atoms with Gasteiger partial charge in [-0.3, -0.25) is 4.79 Å². The lowest BCUT2D eigenvalue weighted by atomic mass is 9.85. The molecule has 0 atom stereocenters. The van der Waals surface area contributed by atoms with E-state index in [4.69, 9.17) is 0 Å². The summed E-state index contributed by atoms with van der Waals surface area (Å²) in [5.41, 5.74) is 3.60. The molecule has 0 spiro atoms. The summed E-state index contributed by atoms with van der Waals surface area (Å²) in [4.78, 5) is 18.7. The van der Waals surface area contributed by atoms with Gasteiger partial charge in [-0.15, -0.1) is 0 Å². The zero-order valence-corrected chi connectivity index (χ0v) is 31.4. The van der Waals surface area contributed by atoms with Crippen molar-refractivity contribution in [2.24, 2.45) is 21.7 Å². The highest BCUT2D eigenvalue weighted by atomic mass is 32.2. The molecule has 0 bridgehead atoms. The van der Waals surface area contributed by atoms with Gasteiger partial charge in [0.15, 0.2) is 5.78 Å². The van der Waals surface area contributed by atoms with Crippen molar-refractivity contribution in [3.63, 3.8) is 0 Å². The molecule has 1 aromatic heterocycles. The van der Waals surface area contributed by atoms with Crippen LogP contribution in [0.2, 0.25) is 0 Å². The summed E-state index contributed by atoms with van der Waals surface area (Å²) in [7, 11) is 0. The van der Waals surface area contributed by atoms with Crippen molar-refractivity contribution < 1.29 is 9.90 Å². The number of hydrogen-bond donors (Lipinski definition) is 0. The molecule has 1 aliphatic carbocycles. The molecule has 2 heterocycles. The Kier molecular flexibility index (Phi) is 11.8. The number of allylic oxidation sites excluding steroid dienone is 8. The fourth-order valence-electron chi connectivity index (χ4n) is 4.96. The summed E-state index contributed by atoms with van der Waals surface area (Å²) in [6.07, 6.45) is 16.5. The van der Waals surface area contributed by atoms with Crippen molar-refractivity contribution in [3.05, 3.63) is 78.0 Å². The highest BCUT2D eigenvalue weighted by Gasteiger charge is 2.27. The Labute approximate surface area is 277 Å². The van der Waals surface area contributed by atoms with Crippen molar-refractivity contribution in [2.75, 3.05) is 0 Å². The molecule has 44 heavy (non-hydrogen) atoms. The van der Waals surface area contributed by atoms with Crippen LogP contribution < -0.4 is 5.11 Å². The topological polar surface area (TPSA) is 40.1 Å². The molecule has 2 aliphatic rings. The maximum absolute atomic E-state index is 13.4. The monoisotopic (exact) mass is 634 g/mol. The van der Waals surface area contributed by atoms with E-state index in [1.165, 1.54) is 19.6 Å². The molecular weight excluding hydrogens is 577 g/mol. The molecule has 4 heteroatoms. The summed E-state index contributed by atoms with van der Waals surface area (Å²) < 4.78 is 0. The van der Waals surface area contributed by atoms with Gasteiger partial charge in [-0.1, -0.05) is 101 Å². The SMILES string of the molecule is CC(C)(C)CCC1=CC(=CC2=C([O-])C(=Cc3cc(CCC(C)(C)C)[s+]c(CCC(C)(C)C)c3)C2=O)C=C(CCC(C)(C)C)S1. The maximum atomic E-state index is 13.4. The summed E-state index contributed by atoms with van der Waals surface area (Å²) in [5, 5.41) is 13.4. The van der Waals surface area contributed by atoms with Gasteiger partial charge in [0.2, 0.25) is 21.1 Å². The second-order valence-corrected chi connectivity index (χ2v) is 20.2. The van der Waals surface area contributed by atoms with Gasteiger partial charge in [0.25, 0.3) is 0 Å². The van der Waals surface area contributed by atoms with E-state index in [0.717, 1.165) is 62.5 Å². The zero-order valence-electron chi connectivity index (χ0n) is 29.8. The molecule has 2 nitrogen and oxygen atoms in total. The summed E-state index contributed by atoms with van der Waals surface area (Å²) in [6, 6.07) is 4.38. The Morgan fingerprint density at radius 3 is 1.45 bits per heavy atom. The number of carbonyl (C=O) groups excluding carboxylic acids is 1. The molecule has 1 aliphatic heterocycles. The average molecular weight is 635 g/mol. The van der Waals surface area contributed by atoms with Crippen LogP contribution in [0.15, 0.2) is 62.6 Å². The number of Topliss-reactive ketones (excluding diaryl/α,β-unsaturated/α-hetero) is 1. The highest BCUT2D eigenvalue weighted by molar-refractivity contribution is 8.06. The molecule has 0 unspecified atom stereocenters. The van der Waals surface area contributed by atoms with Crippen molar-refractivity contribution >= 4 is 35.0 Å². The van der Waals surface area contributed by atoms with E-state index in [2.05, 4.69) is 107 Å². The van der Waals surface area contributed by atoms with Crippen molar-refractivity contribution in [2.45, 2.75) is 134 Å². The first-order chi connectivity index (χ1) is 20.1. The van der Waals surface area contributed by atoms with E-state index in [-0.39, 0.29) is 33.2 Å². The number of rotatable bonds is 10. The first-order valence-corrected chi connectivity index (χ1v) is 18.2. The fraction of sp³-hybridized carbons (Fsp3) is 0.600. The minimum Gasteiger partial charge on any atom is -0.871 e. The van der Waals surface area contributed by atoms with Crippen molar-refractivity contribution in [1.82, 2.24) is 0 Å². The quantitative estimate of drug-likeness (QED) is 0.190. The predicted molar refractivity (Wildman–Crippen MR) is 194 cm³/mol. The third-order valence-corrected chi connectivity index (χ3v) is 10.3. The Bertz CT molecular complexity index is 1300.